The summed E-state index contributed by atoms with van der Waals surface area (Å²) in [5, 5.41) is 13.1. The fourth-order valence-corrected chi connectivity index (χ4v) is 1.51. The second kappa shape index (κ2) is 4.35. The van der Waals surface area contributed by atoms with Crippen LogP contribution in [0.15, 0.2) is 12.4 Å². The molecule has 0 spiro atoms. The second-order valence-corrected chi connectivity index (χ2v) is 3.71. The van der Waals surface area contributed by atoms with Gasteiger partial charge in [-0.2, -0.15) is 0 Å². The van der Waals surface area contributed by atoms with Gasteiger partial charge in [0, 0.05) is 7.05 Å². The van der Waals surface area contributed by atoms with Crippen LogP contribution in [0, 0.1) is 10.1 Å². The molecule has 94 valence electrons. The van der Waals surface area contributed by atoms with Gasteiger partial charge in [0.1, 0.15) is 18.4 Å². The normalized spacial score (nSPS) is 19.2. The van der Waals surface area contributed by atoms with Gasteiger partial charge in [0.25, 0.3) is 5.91 Å². The number of nitrogens with one attached hydrogen (secondary N) is 1. The maximum atomic E-state index is 11.6. The van der Waals surface area contributed by atoms with Crippen molar-refractivity contribution in [2.75, 3.05) is 12.4 Å². The molecule has 2 amide bonds. The number of aromatic nitrogens is 2. The molecule has 1 atom stereocenters. The Morgan fingerprint density at radius 3 is 2.50 bits per heavy atom. The molecule has 2 rings (SSSR count). The number of nitrogens with zero attached hydrogens (tertiary/aromatic N) is 4. The third-order valence-corrected chi connectivity index (χ3v) is 2.53. The van der Waals surface area contributed by atoms with Crippen LogP contribution in [0.25, 0.3) is 0 Å². The van der Waals surface area contributed by atoms with Crippen LogP contribution in [0.4, 0.5) is 11.6 Å². The molecule has 9 nitrogen and oxygen atoms in total. The number of amides is 2. The minimum absolute atomic E-state index is 0.0235. The lowest BCUT2D eigenvalue weighted by Crippen LogP contribution is -2.32. The van der Waals surface area contributed by atoms with E-state index in [-0.39, 0.29) is 29.9 Å². The molecule has 0 bridgehead atoms. The molecule has 1 saturated heterocycles. The van der Waals surface area contributed by atoms with Crippen LogP contribution in [0.5, 0.6) is 0 Å². The molecular formula is C9H9N5O4. The monoisotopic (exact) mass is 251 g/mol. The summed E-state index contributed by atoms with van der Waals surface area (Å²) in [6, 6.07) is -0.719. The Hall–Kier alpha value is -2.58. The Morgan fingerprint density at radius 2 is 2.06 bits per heavy atom. The summed E-state index contributed by atoms with van der Waals surface area (Å²) in [5.74, 6) is -0.594. The number of likely N-dealkylation sites (tertiary alicyclic amines) is 1. The molecular weight excluding hydrogens is 242 g/mol. The van der Waals surface area contributed by atoms with E-state index in [1.54, 1.807) is 0 Å². The smallest absolute Gasteiger partial charge is 0.305 e. The van der Waals surface area contributed by atoms with Crippen molar-refractivity contribution >= 4 is 23.5 Å². The fourth-order valence-electron chi connectivity index (χ4n) is 1.51. The van der Waals surface area contributed by atoms with Crippen LogP contribution in [0.2, 0.25) is 0 Å². The number of hydrogen-bond donors (Lipinski definition) is 1. The molecule has 1 N–H and O–H groups in total. The van der Waals surface area contributed by atoms with Gasteiger partial charge in [-0.05, 0) is 0 Å². The van der Waals surface area contributed by atoms with Gasteiger partial charge in [-0.15, -0.1) is 0 Å². The molecule has 1 aromatic heterocycles. The molecule has 1 aliphatic rings. The van der Waals surface area contributed by atoms with Crippen LogP contribution >= 0.6 is 0 Å². The second-order valence-electron chi connectivity index (χ2n) is 3.71. The highest BCUT2D eigenvalue weighted by Crippen LogP contribution is 2.15. The highest BCUT2D eigenvalue weighted by molar-refractivity contribution is 6.06. The number of imide groups is 1. The molecule has 0 aliphatic carbocycles. The van der Waals surface area contributed by atoms with Crippen molar-refractivity contribution in [3.8, 4) is 0 Å². The predicted molar refractivity (Wildman–Crippen MR) is 58.5 cm³/mol. The number of hydrogen-bond acceptors (Lipinski definition) is 7. The highest BCUT2D eigenvalue weighted by atomic mass is 16.6. The van der Waals surface area contributed by atoms with Gasteiger partial charge >= 0.3 is 5.69 Å². The maximum Gasteiger partial charge on any atom is 0.305 e. The largest absolute Gasteiger partial charge is 0.342 e. The van der Waals surface area contributed by atoms with Crippen LogP contribution in [0.3, 0.4) is 0 Å². The predicted octanol–water partition coefficient (Wildman–Crippen LogP) is -0.446. The van der Waals surface area contributed by atoms with Gasteiger partial charge in [-0.3, -0.25) is 24.6 Å². The molecule has 1 aliphatic heterocycles. The van der Waals surface area contributed by atoms with E-state index < -0.39 is 11.0 Å². The van der Waals surface area contributed by atoms with E-state index in [1.807, 2.05) is 0 Å². The standard InChI is InChI=1S/C9H9N5O4/c1-13-7(15)2-6(8(13)16)12-9-10-3-5(4-11-9)14(17)18/h3-4,6H,2H2,1H3,(H,10,11,12). The summed E-state index contributed by atoms with van der Waals surface area (Å²) in [5.41, 5.74) is -0.244. The Labute approximate surface area is 101 Å². The first kappa shape index (κ1) is 11.9. The lowest BCUT2D eigenvalue weighted by molar-refractivity contribution is -0.385. The quantitative estimate of drug-likeness (QED) is 0.439. The summed E-state index contributed by atoms with van der Waals surface area (Å²) in [4.78, 5) is 41.0. The zero-order valence-corrected chi connectivity index (χ0v) is 9.36. The van der Waals surface area contributed by atoms with Crippen LogP contribution in [-0.2, 0) is 9.59 Å². The van der Waals surface area contributed by atoms with Crippen LogP contribution in [-0.4, -0.2) is 44.7 Å². The highest BCUT2D eigenvalue weighted by Gasteiger charge is 2.36. The van der Waals surface area contributed by atoms with Gasteiger partial charge in [0.15, 0.2) is 0 Å². The molecule has 18 heavy (non-hydrogen) atoms. The lowest BCUT2D eigenvalue weighted by Gasteiger charge is -2.10. The first-order valence-electron chi connectivity index (χ1n) is 5.02. The number of carbonyl (C=O) groups is 2. The number of carbonyl (C=O) groups excluding carboxylic acids is 2. The van der Waals surface area contributed by atoms with Crippen LogP contribution < -0.4 is 5.32 Å². The SMILES string of the molecule is CN1C(=O)CC(Nc2ncc([N+](=O)[O-])cn2)C1=O. The minimum Gasteiger partial charge on any atom is -0.342 e. The first-order chi connectivity index (χ1) is 8.49. The van der Waals surface area contributed by atoms with Gasteiger partial charge in [0.05, 0.1) is 11.3 Å². The first-order valence-corrected chi connectivity index (χ1v) is 5.02. The van der Waals surface area contributed by atoms with Gasteiger partial charge in [-0.1, -0.05) is 0 Å². The topological polar surface area (TPSA) is 118 Å². The Kier molecular flexibility index (Phi) is 2.88. The maximum absolute atomic E-state index is 11.6. The molecule has 2 heterocycles. The average molecular weight is 251 g/mol. The zero-order valence-electron chi connectivity index (χ0n) is 9.36. The van der Waals surface area contributed by atoms with Crippen molar-refractivity contribution in [1.29, 1.82) is 0 Å². The minimum atomic E-state index is -0.719. The van der Waals surface area contributed by atoms with E-state index in [1.165, 1.54) is 7.05 Å². The van der Waals surface area contributed by atoms with Crippen molar-refractivity contribution < 1.29 is 14.5 Å². The van der Waals surface area contributed by atoms with E-state index in [9.17, 15) is 19.7 Å². The summed E-state index contributed by atoms with van der Waals surface area (Å²) in [7, 11) is 1.39. The molecule has 0 aromatic carbocycles. The van der Waals surface area contributed by atoms with Crippen molar-refractivity contribution in [3.05, 3.63) is 22.5 Å². The Morgan fingerprint density at radius 1 is 1.44 bits per heavy atom. The lowest BCUT2D eigenvalue weighted by atomic mass is 10.2. The molecule has 1 aromatic rings. The molecule has 0 saturated carbocycles. The van der Waals surface area contributed by atoms with Crippen molar-refractivity contribution in [1.82, 2.24) is 14.9 Å². The van der Waals surface area contributed by atoms with Crippen molar-refractivity contribution in [2.24, 2.45) is 0 Å². The molecule has 0 radical (unpaired) electrons. The van der Waals surface area contributed by atoms with Gasteiger partial charge in [-0.25, -0.2) is 9.97 Å². The number of anilines is 1. The number of rotatable bonds is 3. The molecule has 1 unspecified atom stereocenters. The van der Waals surface area contributed by atoms with E-state index in [0.717, 1.165) is 17.3 Å². The van der Waals surface area contributed by atoms with Gasteiger partial charge < -0.3 is 5.32 Å². The van der Waals surface area contributed by atoms with E-state index in [4.69, 9.17) is 0 Å². The molecule has 1 fully saturated rings. The molecule has 9 heteroatoms. The van der Waals surface area contributed by atoms with E-state index >= 15 is 0 Å². The Balaban J connectivity index is 2.08. The van der Waals surface area contributed by atoms with Crippen molar-refractivity contribution in [2.45, 2.75) is 12.5 Å². The number of nitro groups is 1. The third kappa shape index (κ3) is 2.10. The van der Waals surface area contributed by atoms with Crippen LogP contribution in [0.1, 0.15) is 6.42 Å². The average Bonchev–Trinajstić information content (AvgIpc) is 2.58. The number of likely N-dealkylation sites (N-methyl/N-ethyl adjacent to an activating group) is 1. The van der Waals surface area contributed by atoms with E-state index in [0.29, 0.717) is 0 Å². The summed E-state index contributed by atoms with van der Waals surface area (Å²) in [6.45, 7) is 0. The Bertz CT molecular complexity index is 514. The summed E-state index contributed by atoms with van der Waals surface area (Å²) >= 11 is 0. The summed E-state index contributed by atoms with van der Waals surface area (Å²) < 4.78 is 0. The summed E-state index contributed by atoms with van der Waals surface area (Å²) in [6.07, 6.45) is 2.08. The third-order valence-electron chi connectivity index (χ3n) is 2.53. The fraction of sp³-hybridized carbons (Fsp3) is 0.333. The van der Waals surface area contributed by atoms with E-state index in [2.05, 4.69) is 15.3 Å². The zero-order chi connectivity index (χ0) is 13.3. The van der Waals surface area contributed by atoms with Gasteiger partial charge in [0.2, 0.25) is 11.9 Å². The van der Waals surface area contributed by atoms with Crippen molar-refractivity contribution in [3.63, 3.8) is 0 Å².